The highest BCUT2D eigenvalue weighted by Gasteiger charge is 2.35. The van der Waals surface area contributed by atoms with E-state index in [1.165, 1.54) is 32.4 Å². The Bertz CT molecular complexity index is 739. The van der Waals surface area contributed by atoms with Crippen molar-refractivity contribution in [2.75, 3.05) is 46.3 Å². The molecule has 3 saturated heterocycles. The molecule has 176 valence electrons. The third-order valence-electron chi connectivity index (χ3n) is 7.79. The fourth-order valence-corrected chi connectivity index (χ4v) is 5.74. The van der Waals surface area contributed by atoms with Crippen LogP contribution in [-0.4, -0.2) is 84.9 Å². The highest BCUT2D eigenvalue weighted by Crippen LogP contribution is 2.28. The molecule has 6 heteroatoms. The van der Waals surface area contributed by atoms with Gasteiger partial charge in [0.2, 0.25) is 5.91 Å². The van der Waals surface area contributed by atoms with Crippen molar-refractivity contribution in [3.63, 3.8) is 0 Å². The van der Waals surface area contributed by atoms with Crippen LogP contribution in [0.1, 0.15) is 61.7 Å². The third-order valence-corrected chi connectivity index (χ3v) is 7.79. The first-order valence-corrected chi connectivity index (χ1v) is 12.7. The van der Waals surface area contributed by atoms with Gasteiger partial charge in [-0.2, -0.15) is 0 Å². The maximum Gasteiger partial charge on any atom is 0.251 e. The van der Waals surface area contributed by atoms with Crippen LogP contribution in [0.2, 0.25) is 0 Å². The van der Waals surface area contributed by atoms with Gasteiger partial charge in [-0.05, 0) is 96.7 Å². The Morgan fingerprint density at radius 3 is 2.34 bits per heavy atom. The molecule has 0 aromatic heterocycles. The van der Waals surface area contributed by atoms with Gasteiger partial charge in [-0.1, -0.05) is 18.2 Å². The minimum absolute atomic E-state index is 0.0273. The van der Waals surface area contributed by atoms with Gasteiger partial charge in [0.15, 0.2) is 0 Å². The monoisotopic (exact) mass is 440 g/mol. The second kappa shape index (κ2) is 11.3. The quantitative estimate of drug-likeness (QED) is 0.739. The molecule has 1 unspecified atom stereocenters. The van der Waals surface area contributed by atoms with E-state index in [1.54, 1.807) is 0 Å². The lowest BCUT2D eigenvalue weighted by atomic mass is 9.90. The average molecular weight is 441 g/mol. The Labute approximate surface area is 193 Å². The van der Waals surface area contributed by atoms with E-state index >= 15 is 0 Å². The number of piperidine rings is 3. The van der Waals surface area contributed by atoms with E-state index in [2.05, 4.69) is 27.1 Å². The normalized spacial score (nSPS) is 24.4. The van der Waals surface area contributed by atoms with E-state index < -0.39 is 0 Å². The predicted molar refractivity (Wildman–Crippen MR) is 128 cm³/mol. The summed E-state index contributed by atoms with van der Waals surface area (Å²) in [5, 5.41) is 3.04. The van der Waals surface area contributed by atoms with E-state index in [-0.39, 0.29) is 17.9 Å². The zero-order chi connectivity index (χ0) is 22.3. The molecule has 3 heterocycles. The molecule has 1 aromatic carbocycles. The van der Waals surface area contributed by atoms with E-state index in [0.717, 1.165) is 51.7 Å². The summed E-state index contributed by atoms with van der Waals surface area (Å²) in [6.07, 6.45) is 8.71. The maximum atomic E-state index is 13.4. The van der Waals surface area contributed by atoms with Gasteiger partial charge in [-0.3, -0.25) is 9.59 Å². The minimum atomic E-state index is -0.0273. The number of benzene rings is 1. The van der Waals surface area contributed by atoms with Gasteiger partial charge in [-0.15, -0.1) is 0 Å². The van der Waals surface area contributed by atoms with Crippen molar-refractivity contribution in [1.82, 2.24) is 20.0 Å². The van der Waals surface area contributed by atoms with E-state index in [9.17, 15) is 9.59 Å². The molecule has 0 spiro atoms. The van der Waals surface area contributed by atoms with Crippen LogP contribution in [0.25, 0.3) is 0 Å². The zero-order valence-electron chi connectivity index (χ0n) is 19.7. The van der Waals surface area contributed by atoms with Crippen molar-refractivity contribution in [2.45, 2.75) is 63.5 Å². The van der Waals surface area contributed by atoms with Gasteiger partial charge in [-0.25, -0.2) is 0 Å². The van der Waals surface area contributed by atoms with E-state index in [1.807, 2.05) is 30.3 Å². The van der Waals surface area contributed by atoms with Crippen molar-refractivity contribution < 1.29 is 9.59 Å². The first-order chi connectivity index (χ1) is 15.6. The largest absolute Gasteiger partial charge is 0.352 e. The van der Waals surface area contributed by atoms with Gasteiger partial charge < -0.3 is 20.0 Å². The fourth-order valence-electron chi connectivity index (χ4n) is 5.74. The summed E-state index contributed by atoms with van der Waals surface area (Å²) in [6, 6.07) is 10.3. The summed E-state index contributed by atoms with van der Waals surface area (Å²) in [4.78, 5) is 33.0. The van der Waals surface area contributed by atoms with E-state index in [0.29, 0.717) is 24.1 Å². The van der Waals surface area contributed by atoms with Crippen molar-refractivity contribution in [2.24, 2.45) is 5.92 Å². The molecular formula is C26H40N4O2. The number of likely N-dealkylation sites (tertiary alicyclic amines) is 3. The van der Waals surface area contributed by atoms with Crippen LogP contribution in [0.15, 0.2) is 30.3 Å². The topological polar surface area (TPSA) is 55.9 Å². The van der Waals surface area contributed by atoms with Gasteiger partial charge in [0, 0.05) is 36.7 Å². The lowest BCUT2D eigenvalue weighted by molar-refractivity contribution is -0.141. The highest BCUT2D eigenvalue weighted by atomic mass is 16.2. The van der Waals surface area contributed by atoms with Crippen LogP contribution in [0.3, 0.4) is 0 Å². The van der Waals surface area contributed by atoms with Gasteiger partial charge in [0.05, 0.1) is 0 Å². The second-order valence-electron chi connectivity index (χ2n) is 9.94. The molecule has 0 saturated carbocycles. The molecule has 1 N–H and O–H groups in total. The summed E-state index contributed by atoms with van der Waals surface area (Å²) < 4.78 is 0. The molecule has 3 fully saturated rings. The van der Waals surface area contributed by atoms with Crippen LogP contribution in [-0.2, 0) is 4.79 Å². The summed E-state index contributed by atoms with van der Waals surface area (Å²) >= 11 is 0. The Kier molecular flexibility index (Phi) is 8.20. The Balaban J connectivity index is 1.24. The molecule has 1 atom stereocenters. The molecule has 1 aromatic rings. The maximum absolute atomic E-state index is 13.4. The summed E-state index contributed by atoms with van der Waals surface area (Å²) in [7, 11) is 2.21. The minimum Gasteiger partial charge on any atom is -0.352 e. The lowest BCUT2D eigenvalue weighted by Crippen LogP contribution is -2.51. The smallest absolute Gasteiger partial charge is 0.251 e. The van der Waals surface area contributed by atoms with Crippen molar-refractivity contribution in [3.8, 4) is 0 Å². The number of rotatable bonds is 6. The van der Waals surface area contributed by atoms with Crippen LogP contribution in [0.5, 0.6) is 0 Å². The van der Waals surface area contributed by atoms with Crippen LogP contribution >= 0.6 is 0 Å². The van der Waals surface area contributed by atoms with Gasteiger partial charge in [0.25, 0.3) is 5.91 Å². The third kappa shape index (κ3) is 5.90. The van der Waals surface area contributed by atoms with Crippen LogP contribution in [0.4, 0.5) is 0 Å². The van der Waals surface area contributed by atoms with Gasteiger partial charge in [0.1, 0.15) is 0 Å². The van der Waals surface area contributed by atoms with Gasteiger partial charge >= 0.3 is 0 Å². The number of nitrogens with one attached hydrogen (secondary N) is 1. The Morgan fingerprint density at radius 2 is 1.62 bits per heavy atom. The molecule has 2 amide bonds. The fraction of sp³-hybridized carbons (Fsp3) is 0.692. The summed E-state index contributed by atoms with van der Waals surface area (Å²) in [6.45, 7) is 6.02. The van der Waals surface area contributed by atoms with E-state index in [4.69, 9.17) is 0 Å². The number of carbonyl (C=O) groups excluding carboxylic acids is 2. The number of amides is 2. The first kappa shape index (κ1) is 23.2. The molecule has 0 bridgehead atoms. The average Bonchev–Trinajstić information content (AvgIpc) is 2.85. The number of nitrogens with zero attached hydrogens (tertiary/aromatic N) is 3. The molecule has 3 aliphatic rings. The van der Waals surface area contributed by atoms with Crippen LogP contribution in [0, 0.1) is 5.92 Å². The first-order valence-electron chi connectivity index (χ1n) is 12.7. The Morgan fingerprint density at radius 1 is 0.906 bits per heavy atom. The van der Waals surface area contributed by atoms with Crippen molar-refractivity contribution in [3.05, 3.63) is 35.9 Å². The summed E-state index contributed by atoms with van der Waals surface area (Å²) in [5.74, 6) is 0.518. The summed E-state index contributed by atoms with van der Waals surface area (Å²) in [5.41, 5.74) is 0.695. The molecular weight excluding hydrogens is 400 g/mol. The zero-order valence-corrected chi connectivity index (χ0v) is 19.7. The second-order valence-corrected chi connectivity index (χ2v) is 9.94. The predicted octanol–water partition coefficient (Wildman–Crippen LogP) is 2.99. The van der Waals surface area contributed by atoms with Crippen molar-refractivity contribution >= 4 is 11.8 Å². The molecule has 6 nitrogen and oxygen atoms in total. The molecule has 32 heavy (non-hydrogen) atoms. The van der Waals surface area contributed by atoms with Crippen LogP contribution < -0.4 is 5.32 Å². The molecule has 3 aliphatic heterocycles. The number of carbonyl (C=O) groups is 2. The molecule has 4 rings (SSSR count). The SMILES string of the molecule is CN1CCC(N2CCC(C(=O)N3CCCCC3CCNC(=O)c3ccccc3)CC2)CC1. The Hall–Kier alpha value is -1.92. The number of hydrogen-bond acceptors (Lipinski definition) is 4. The molecule has 0 aliphatic carbocycles. The lowest BCUT2D eigenvalue weighted by Gasteiger charge is -2.43. The van der Waals surface area contributed by atoms with Crippen molar-refractivity contribution in [1.29, 1.82) is 0 Å². The standard InChI is InChI=1S/C26H40N4O2/c1-28-17-13-23(14-18-28)29-19-11-22(12-20-29)26(32)30-16-6-5-9-24(30)10-15-27-25(31)21-7-3-2-4-8-21/h2-4,7-8,22-24H,5-6,9-20H2,1H3,(H,27,31). The highest BCUT2D eigenvalue weighted by molar-refractivity contribution is 5.94. The number of hydrogen-bond donors (Lipinski definition) is 1. The molecule has 0 radical (unpaired) electrons.